The zero-order valence-corrected chi connectivity index (χ0v) is 12.0. The van der Waals surface area contributed by atoms with Gasteiger partial charge in [-0.25, -0.2) is 13.6 Å². The van der Waals surface area contributed by atoms with Crippen molar-refractivity contribution in [3.05, 3.63) is 28.2 Å². The molecule has 4 nitrogen and oxygen atoms in total. The Morgan fingerprint density at radius 3 is 2.68 bits per heavy atom. The van der Waals surface area contributed by atoms with Crippen LogP contribution in [-0.4, -0.2) is 42.2 Å². The number of benzene rings is 1. The Morgan fingerprint density at radius 2 is 2.16 bits per heavy atom. The number of alkyl halides is 2. The highest BCUT2D eigenvalue weighted by molar-refractivity contribution is 9.10. The minimum atomic E-state index is -2.64. The van der Waals surface area contributed by atoms with Crippen LogP contribution in [0.3, 0.4) is 0 Å². The van der Waals surface area contributed by atoms with Crippen molar-refractivity contribution in [1.82, 2.24) is 4.90 Å². The Kier molecular flexibility index (Phi) is 6.17. The van der Waals surface area contributed by atoms with Gasteiger partial charge in [0.1, 0.15) is 0 Å². The van der Waals surface area contributed by atoms with Crippen LogP contribution in [0.5, 0.6) is 0 Å². The molecule has 2 amide bonds. The second kappa shape index (κ2) is 7.40. The van der Waals surface area contributed by atoms with E-state index < -0.39 is 19.0 Å². The number of nitrogens with zero attached hydrogens (tertiary/aromatic N) is 1. The van der Waals surface area contributed by atoms with Gasteiger partial charge in [-0.15, -0.1) is 0 Å². The Bertz CT molecular complexity index is 423. The Morgan fingerprint density at radius 1 is 1.47 bits per heavy atom. The summed E-state index contributed by atoms with van der Waals surface area (Å²) in [6, 6.07) is 4.60. The number of aryl methyl sites for hydroxylation is 1. The van der Waals surface area contributed by atoms with E-state index in [1.54, 1.807) is 12.1 Å². The Hall–Kier alpha value is -1.21. The van der Waals surface area contributed by atoms with Gasteiger partial charge in [-0.1, -0.05) is 15.9 Å². The van der Waals surface area contributed by atoms with Crippen molar-refractivity contribution in [1.29, 1.82) is 0 Å². The van der Waals surface area contributed by atoms with Crippen LogP contribution in [0.2, 0.25) is 0 Å². The van der Waals surface area contributed by atoms with Crippen LogP contribution >= 0.6 is 15.9 Å². The molecule has 0 saturated carbocycles. The number of hydrogen-bond donors (Lipinski definition) is 2. The summed E-state index contributed by atoms with van der Waals surface area (Å²) in [6.45, 7) is 0.644. The molecule has 0 spiro atoms. The SMILES string of the molecule is Cc1cc(Br)cc(NC(=O)N(CCO)CC(F)F)c1. The highest BCUT2D eigenvalue weighted by Crippen LogP contribution is 2.19. The van der Waals surface area contributed by atoms with Crippen molar-refractivity contribution in [2.24, 2.45) is 0 Å². The summed E-state index contributed by atoms with van der Waals surface area (Å²) < 4.78 is 25.4. The van der Waals surface area contributed by atoms with E-state index in [0.29, 0.717) is 5.69 Å². The molecule has 19 heavy (non-hydrogen) atoms. The number of urea groups is 1. The molecule has 0 fully saturated rings. The first kappa shape index (κ1) is 15.8. The molecule has 7 heteroatoms. The largest absolute Gasteiger partial charge is 0.395 e. The predicted octanol–water partition coefficient (Wildman–Crippen LogP) is 2.85. The number of halogens is 3. The van der Waals surface area contributed by atoms with Crippen molar-refractivity contribution < 1.29 is 18.7 Å². The van der Waals surface area contributed by atoms with Crippen molar-refractivity contribution >= 4 is 27.6 Å². The summed E-state index contributed by atoms with van der Waals surface area (Å²) in [7, 11) is 0. The third-order valence-electron chi connectivity index (χ3n) is 2.31. The number of hydrogen-bond acceptors (Lipinski definition) is 2. The van der Waals surface area contributed by atoms with Gasteiger partial charge in [0.2, 0.25) is 0 Å². The van der Waals surface area contributed by atoms with E-state index in [-0.39, 0.29) is 13.2 Å². The molecule has 0 aliphatic heterocycles. The van der Waals surface area contributed by atoms with E-state index in [2.05, 4.69) is 21.2 Å². The number of nitrogens with one attached hydrogen (secondary N) is 1. The number of aliphatic hydroxyl groups excluding tert-OH is 1. The van der Waals surface area contributed by atoms with Gasteiger partial charge >= 0.3 is 6.03 Å². The summed E-state index contributed by atoms with van der Waals surface area (Å²) in [5.74, 6) is 0. The summed E-state index contributed by atoms with van der Waals surface area (Å²) in [6.07, 6.45) is -2.64. The Labute approximate surface area is 118 Å². The lowest BCUT2D eigenvalue weighted by atomic mass is 10.2. The van der Waals surface area contributed by atoms with Crippen molar-refractivity contribution in [3.8, 4) is 0 Å². The second-order valence-corrected chi connectivity index (χ2v) is 4.92. The van der Waals surface area contributed by atoms with Crippen LogP contribution in [0, 0.1) is 6.92 Å². The monoisotopic (exact) mass is 336 g/mol. The summed E-state index contributed by atoms with van der Waals surface area (Å²) in [4.78, 5) is 12.7. The maximum atomic E-state index is 12.3. The third-order valence-corrected chi connectivity index (χ3v) is 2.77. The molecule has 0 heterocycles. The summed E-state index contributed by atoms with van der Waals surface area (Å²) >= 11 is 3.29. The van der Waals surface area contributed by atoms with Crippen LogP contribution in [0.4, 0.5) is 19.3 Å². The minimum Gasteiger partial charge on any atom is -0.395 e. The quantitative estimate of drug-likeness (QED) is 0.868. The third kappa shape index (κ3) is 5.52. The fourth-order valence-corrected chi connectivity index (χ4v) is 2.18. The van der Waals surface area contributed by atoms with E-state index in [1.807, 2.05) is 13.0 Å². The molecule has 0 unspecified atom stereocenters. The van der Waals surface area contributed by atoms with Crippen LogP contribution < -0.4 is 5.32 Å². The average Bonchev–Trinajstić information content (AvgIpc) is 2.26. The molecule has 0 aromatic heterocycles. The molecule has 0 bridgehead atoms. The fourth-order valence-electron chi connectivity index (χ4n) is 1.57. The fraction of sp³-hybridized carbons (Fsp3) is 0.417. The number of carbonyl (C=O) groups is 1. The van der Waals surface area contributed by atoms with Crippen LogP contribution in [0.15, 0.2) is 22.7 Å². The number of anilines is 1. The summed E-state index contributed by atoms with van der Waals surface area (Å²) in [5.41, 5.74) is 1.43. The predicted molar refractivity (Wildman–Crippen MR) is 72.6 cm³/mol. The number of amides is 2. The van der Waals surface area contributed by atoms with Crippen molar-refractivity contribution in [2.75, 3.05) is 25.0 Å². The lowest BCUT2D eigenvalue weighted by molar-refractivity contribution is 0.0943. The van der Waals surface area contributed by atoms with Crippen molar-refractivity contribution in [3.63, 3.8) is 0 Å². The number of rotatable bonds is 5. The molecule has 0 radical (unpaired) electrons. The molecule has 0 aliphatic carbocycles. The topological polar surface area (TPSA) is 52.6 Å². The number of aliphatic hydroxyl groups is 1. The standard InChI is InChI=1S/C12H15BrF2N2O2/c1-8-4-9(13)6-10(5-8)16-12(19)17(2-3-18)7-11(14)15/h4-6,11,18H,2-3,7H2,1H3,(H,16,19). The van der Waals surface area contributed by atoms with Gasteiger partial charge in [-0.05, 0) is 30.7 Å². The zero-order valence-electron chi connectivity index (χ0n) is 10.4. The van der Waals surface area contributed by atoms with Gasteiger partial charge in [0.15, 0.2) is 0 Å². The molecule has 106 valence electrons. The molecule has 0 saturated heterocycles. The highest BCUT2D eigenvalue weighted by Gasteiger charge is 2.17. The molecule has 1 aromatic carbocycles. The van der Waals surface area contributed by atoms with Gasteiger partial charge < -0.3 is 15.3 Å². The maximum Gasteiger partial charge on any atom is 0.322 e. The average molecular weight is 337 g/mol. The van der Waals surface area contributed by atoms with E-state index in [1.165, 1.54) is 0 Å². The minimum absolute atomic E-state index is 0.136. The van der Waals surface area contributed by atoms with Gasteiger partial charge in [0.25, 0.3) is 6.43 Å². The first-order valence-electron chi connectivity index (χ1n) is 5.64. The van der Waals surface area contributed by atoms with E-state index in [0.717, 1.165) is 14.9 Å². The normalized spacial score (nSPS) is 10.6. The van der Waals surface area contributed by atoms with Gasteiger partial charge in [0.05, 0.1) is 13.2 Å². The van der Waals surface area contributed by atoms with Crippen molar-refractivity contribution in [2.45, 2.75) is 13.3 Å². The molecular weight excluding hydrogens is 322 g/mol. The lowest BCUT2D eigenvalue weighted by Gasteiger charge is -2.21. The number of carbonyl (C=O) groups excluding carboxylic acids is 1. The van der Waals surface area contributed by atoms with Gasteiger partial charge in [-0.3, -0.25) is 0 Å². The van der Waals surface area contributed by atoms with E-state index >= 15 is 0 Å². The first-order chi connectivity index (χ1) is 8.92. The Balaban J connectivity index is 2.74. The van der Waals surface area contributed by atoms with E-state index in [4.69, 9.17) is 5.11 Å². The van der Waals surface area contributed by atoms with Gasteiger partial charge in [0, 0.05) is 16.7 Å². The molecule has 1 aromatic rings. The molecule has 0 aliphatic rings. The van der Waals surface area contributed by atoms with E-state index in [9.17, 15) is 13.6 Å². The smallest absolute Gasteiger partial charge is 0.322 e. The molecular formula is C12H15BrF2N2O2. The molecule has 1 rings (SSSR count). The van der Waals surface area contributed by atoms with Gasteiger partial charge in [-0.2, -0.15) is 0 Å². The van der Waals surface area contributed by atoms with Crippen LogP contribution in [0.1, 0.15) is 5.56 Å². The molecule has 0 atom stereocenters. The zero-order chi connectivity index (χ0) is 14.4. The van der Waals surface area contributed by atoms with Crippen LogP contribution in [-0.2, 0) is 0 Å². The summed E-state index contributed by atoms with van der Waals surface area (Å²) in [5, 5.41) is 11.3. The first-order valence-corrected chi connectivity index (χ1v) is 6.44. The van der Waals surface area contributed by atoms with Crippen LogP contribution in [0.25, 0.3) is 0 Å². The second-order valence-electron chi connectivity index (χ2n) is 4.01. The molecule has 2 N–H and O–H groups in total. The highest BCUT2D eigenvalue weighted by atomic mass is 79.9. The maximum absolute atomic E-state index is 12.3. The lowest BCUT2D eigenvalue weighted by Crippen LogP contribution is -2.40.